The zero-order chi connectivity index (χ0) is 25.9. The van der Waals surface area contributed by atoms with Gasteiger partial charge in [0.05, 0.1) is 16.6 Å². The molecule has 11 heteroatoms. The van der Waals surface area contributed by atoms with Crippen LogP contribution in [0.5, 0.6) is 11.6 Å². The highest BCUT2D eigenvalue weighted by atomic mass is 32.1. The molecule has 184 valence electrons. The van der Waals surface area contributed by atoms with Crippen LogP contribution < -0.4 is 21.3 Å². The predicted octanol–water partition coefficient (Wildman–Crippen LogP) is 4.26. The van der Waals surface area contributed by atoms with Crippen LogP contribution in [0.3, 0.4) is 0 Å². The molecule has 0 spiro atoms. The second-order valence-corrected chi connectivity index (χ2v) is 8.99. The van der Waals surface area contributed by atoms with E-state index in [1.807, 2.05) is 18.2 Å². The number of hydrogen-bond donors (Lipinski definition) is 3. The smallest absolute Gasteiger partial charge is 0.254 e. The van der Waals surface area contributed by atoms with Crippen LogP contribution in [0.15, 0.2) is 77.9 Å². The number of halogens is 1. The number of benzene rings is 2. The first kappa shape index (κ1) is 23.8. The molecule has 0 aliphatic rings. The van der Waals surface area contributed by atoms with Crippen LogP contribution in [-0.2, 0) is 11.2 Å². The standard InChI is InChI=1S/C26H18FN5O4S/c27-18-10-14(3-5-20(18)36-25-17(24(28)35)2-1-8-30-25)11-23(34)32-26-31-19-12-15(4-6-21(19)37-26)16-7-9-29-22(33)13-16/h1-10,12-13H,11H2,(H2,28,35)(H,29,33)(H,31,32,34). The minimum atomic E-state index is -0.752. The number of rotatable bonds is 7. The van der Waals surface area contributed by atoms with Crippen molar-refractivity contribution in [2.24, 2.45) is 5.73 Å². The van der Waals surface area contributed by atoms with E-state index in [-0.39, 0.29) is 35.1 Å². The highest BCUT2D eigenvalue weighted by Crippen LogP contribution is 2.30. The van der Waals surface area contributed by atoms with Crippen LogP contribution in [0.25, 0.3) is 21.3 Å². The van der Waals surface area contributed by atoms with E-state index in [1.54, 1.807) is 12.3 Å². The van der Waals surface area contributed by atoms with Crippen LogP contribution in [0.1, 0.15) is 15.9 Å². The number of pyridine rings is 2. The lowest BCUT2D eigenvalue weighted by Crippen LogP contribution is -2.14. The summed E-state index contributed by atoms with van der Waals surface area (Å²) in [7, 11) is 0. The molecule has 0 aliphatic carbocycles. The number of fused-ring (bicyclic) bond motifs is 1. The van der Waals surface area contributed by atoms with Crippen LogP contribution in [-0.4, -0.2) is 26.8 Å². The Morgan fingerprint density at radius 3 is 2.70 bits per heavy atom. The van der Waals surface area contributed by atoms with Gasteiger partial charge >= 0.3 is 0 Å². The van der Waals surface area contributed by atoms with Crippen molar-refractivity contribution < 1.29 is 18.7 Å². The molecule has 0 unspecified atom stereocenters. The Morgan fingerprint density at radius 2 is 1.92 bits per heavy atom. The number of thiazole rings is 1. The van der Waals surface area contributed by atoms with E-state index in [9.17, 15) is 18.8 Å². The van der Waals surface area contributed by atoms with Crippen LogP contribution in [0, 0.1) is 5.82 Å². The van der Waals surface area contributed by atoms with E-state index < -0.39 is 11.7 Å². The van der Waals surface area contributed by atoms with E-state index in [0.29, 0.717) is 16.2 Å². The molecular formula is C26H18FN5O4S. The Morgan fingerprint density at radius 1 is 1.08 bits per heavy atom. The quantitative estimate of drug-likeness (QED) is 0.296. The Hall–Kier alpha value is -4.90. The third-order valence-corrected chi connectivity index (χ3v) is 6.30. The van der Waals surface area contributed by atoms with Crippen molar-refractivity contribution in [1.29, 1.82) is 0 Å². The second kappa shape index (κ2) is 9.99. The molecule has 3 aromatic heterocycles. The van der Waals surface area contributed by atoms with Gasteiger partial charge in [-0.1, -0.05) is 23.5 Å². The van der Waals surface area contributed by atoms with Crippen molar-refractivity contribution in [3.8, 4) is 22.8 Å². The first-order valence-corrected chi connectivity index (χ1v) is 11.8. The van der Waals surface area contributed by atoms with Gasteiger partial charge < -0.3 is 20.8 Å². The summed E-state index contributed by atoms with van der Waals surface area (Å²) in [5.74, 6) is -2.12. The zero-order valence-electron chi connectivity index (χ0n) is 19.0. The molecule has 4 N–H and O–H groups in total. The topological polar surface area (TPSA) is 140 Å². The van der Waals surface area contributed by atoms with Crippen molar-refractivity contribution in [2.75, 3.05) is 5.32 Å². The number of nitrogens with two attached hydrogens (primary N) is 1. The number of H-pyrrole nitrogens is 1. The number of nitrogens with zero attached hydrogens (tertiary/aromatic N) is 2. The number of nitrogens with one attached hydrogen (secondary N) is 2. The van der Waals surface area contributed by atoms with Gasteiger partial charge in [0.2, 0.25) is 17.3 Å². The zero-order valence-corrected chi connectivity index (χ0v) is 19.8. The van der Waals surface area contributed by atoms with Crippen molar-refractivity contribution in [3.05, 3.63) is 100 Å². The maximum absolute atomic E-state index is 14.7. The number of carbonyl (C=O) groups excluding carboxylic acids is 2. The number of aromatic amines is 1. The fourth-order valence-corrected chi connectivity index (χ4v) is 4.50. The molecule has 0 aliphatic heterocycles. The van der Waals surface area contributed by atoms with Gasteiger partial charge in [-0.15, -0.1) is 0 Å². The van der Waals surface area contributed by atoms with Gasteiger partial charge in [-0.25, -0.2) is 14.4 Å². The first-order valence-electron chi connectivity index (χ1n) is 11.0. The maximum atomic E-state index is 14.7. The van der Waals surface area contributed by atoms with Gasteiger partial charge in [0.25, 0.3) is 5.91 Å². The number of hydrogen-bond acceptors (Lipinski definition) is 7. The average Bonchev–Trinajstić information content (AvgIpc) is 3.27. The number of aromatic nitrogens is 3. The lowest BCUT2D eigenvalue weighted by Gasteiger charge is -2.09. The average molecular weight is 516 g/mol. The molecule has 9 nitrogen and oxygen atoms in total. The molecule has 5 rings (SSSR count). The third kappa shape index (κ3) is 5.36. The highest BCUT2D eigenvalue weighted by molar-refractivity contribution is 7.22. The number of ether oxygens (including phenoxy) is 1. The number of carbonyl (C=O) groups is 2. The SMILES string of the molecule is NC(=O)c1cccnc1Oc1ccc(CC(=O)Nc2nc3cc(-c4cc[nH]c(=O)c4)ccc3s2)cc1F. The fourth-order valence-electron chi connectivity index (χ4n) is 3.63. The Labute approximate surface area is 212 Å². The molecule has 5 aromatic rings. The van der Waals surface area contributed by atoms with Gasteiger partial charge in [-0.2, -0.15) is 0 Å². The largest absolute Gasteiger partial charge is 0.435 e. The molecular weight excluding hydrogens is 497 g/mol. The minimum absolute atomic E-state index is 0.0192. The first-order chi connectivity index (χ1) is 17.9. The summed E-state index contributed by atoms with van der Waals surface area (Å²) >= 11 is 1.30. The monoisotopic (exact) mass is 515 g/mol. The van der Waals surface area contributed by atoms with Gasteiger partial charge in [-0.3, -0.25) is 14.4 Å². The summed E-state index contributed by atoms with van der Waals surface area (Å²) in [6.07, 6.45) is 2.87. The summed E-state index contributed by atoms with van der Waals surface area (Å²) in [4.78, 5) is 46.7. The fraction of sp³-hybridized carbons (Fsp3) is 0.0385. The Bertz CT molecular complexity index is 1720. The number of amides is 2. The van der Waals surface area contributed by atoms with Crippen LogP contribution in [0.4, 0.5) is 9.52 Å². The lowest BCUT2D eigenvalue weighted by molar-refractivity contribution is -0.115. The maximum Gasteiger partial charge on any atom is 0.254 e. The van der Waals surface area contributed by atoms with Gasteiger partial charge in [0.1, 0.15) is 5.56 Å². The van der Waals surface area contributed by atoms with E-state index in [4.69, 9.17) is 10.5 Å². The van der Waals surface area contributed by atoms with Crippen molar-refractivity contribution >= 4 is 38.5 Å². The molecule has 0 saturated carbocycles. The molecule has 2 amide bonds. The van der Waals surface area contributed by atoms with Crippen molar-refractivity contribution in [3.63, 3.8) is 0 Å². The third-order valence-electron chi connectivity index (χ3n) is 5.35. The van der Waals surface area contributed by atoms with Crippen molar-refractivity contribution in [1.82, 2.24) is 15.0 Å². The van der Waals surface area contributed by atoms with E-state index >= 15 is 0 Å². The molecule has 0 fully saturated rings. The molecule has 0 radical (unpaired) electrons. The molecule has 3 heterocycles. The van der Waals surface area contributed by atoms with Crippen LogP contribution >= 0.6 is 11.3 Å². The second-order valence-electron chi connectivity index (χ2n) is 7.96. The predicted molar refractivity (Wildman–Crippen MR) is 137 cm³/mol. The number of primary amides is 1. The highest BCUT2D eigenvalue weighted by Gasteiger charge is 2.15. The normalized spacial score (nSPS) is 10.8. The van der Waals surface area contributed by atoms with Gasteiger partial charge in [0, 0.05) is 18.5 Å². The summed E-state index contributed by atoms with van der Waals surface area (Å²) < 4.78 is 20.9. The summed E-state index contributed by atoms with van der Waals surface area (Å²) in [5.41, 5.74) is 7.79. The summed E-state index contributed by atoms with van der Waals surface area (Å²) in [6, 6.07) is 15.9. The van der Waals surface area contributed by atoms with Gasteiger partial charge in [0.15, 0.2) is 16.7 Å². The van der Waals surface area contributed by atoms with E-state index in [2.05, 4.69) is 20.3 Å². The molecule has 0 atom stereocenters. The lowest BCUT2D eigenvalue weighted by atomic mass is 10.1. The Balaban J connectivity index is 1.27. The van der Waals surface area contributed by atoms with Gasteiger partial charge in [-0.05, 0) is 59.2 Å². The molecule has 0 saturated heterocycles. The van der Waals surface area contributed by atoms with E-state index in [1.165, 1.54) is 53.9 Å². The minimum Gasteiger partial charge on any atom is -0.435 e. The Kier molecular flexibility index (Phi) is 6.43. The summed E-state index contributed by atoms with van der Waals surface area (Å²) in [5, 5.41) is 3.14. The van der Waals surface area contributed by atoms with Crippen molar-refractivity contribution in [2.45, 2.75) is 6.42 Å². The van der Waals surface area contributed by atoms with E-state index in [0.717, 1.165) is 15.8 Å². The summed E-state index contributed by atoms with van der Waals surface area (Å²) in [6.45, 7) is 0. The molecule has 37 heavy (non-hydrogen) atoms. The molecule has 0 bridgehead atoms. The number of anilines is 1. The van der Waals surface area contributed by atoms with Crippen LogP contribution in [0.2, 0.25) is 0 Å². The molecule has 2 aromatic carbocycles.